The summed E-state index contributed by atoms with van der Waals surface area (Å²) in [5.41, 5.74) is 1.50. The maximum Gasteiger partial charge on any atom is 0.124 e. The predicted octanol–water partition coefficient (Wildman–Crippen LogP) is 3.25. The first-order chi connectivity index (χ1) is 9.78. The first-order valence-electron chi connectivity index (χ1n) is 6.21. The van der Waals surface area contributed by atoms with Crippen molar-refractivity contribution in [1.82, 2.24) is 4.98 Å². The molecule has 0 spiro atoms. The number of hydrogen-bond donors (Lipinski definition) is 1. The Hall–Kier alpha value is -1.83. The first-order valence-corrected chi connectivity index (χ1v) is 7.19. The van der Waals surface area contributed by atoms with Crippen LogP contribution in [0.15, 0.2) is 47.6 Å². The molecule has 1 aromatic carbocycles. The van der Waals surface area contributed by atoms with Crippen molar-refractivity contribution in [3.63, 3.8) is 0 Å². The summed E-state index contributed by atoms with van der Waals surface area (Å²) < 4.78 is 13.5. The van der Waals surface area contributed by atoms with E-state index < -0.39 is 0 Å². The van der Waals surface area contributed by atoms with Crippen LogP contribution in [0.3, 0.4) is 0 Å². The molecule has 0 unspecified atom stereocenters. The molecule has 2 nitrogen and oxygen atoms in total. The van der Waals surface area contributed by atoms with Gasteiger partial charge >= 0.3 is 0 Å². The molecule has 1 heterocycles. The third kappa shape index (κ3) is 4.69. The van der Waals surface area contributed by atoms with Gasteiger partial charge in [-0.1, -0.05) is 17.9 Å². The molecule has 0 saturated carbocycles. The van der Waals surface area contributed by atoms with Crippen molar-refractivity contribution in [3.05, 3.63) is 59.5 Å². The molecule has 102 valence electrons. The molecule has 0 aliphatic carbocycles. The summed E-state index contributed by atoms with van der Waals surface area (Å²) in [6.45, 7) is 0.0186. The zero-order chi connectivity index (χ0) is 14.2. The van der Waals surface area contributed by atoms with Gasteiger partial charge in [0.25, 0.3) is 0 Å². The van der Waals surface area contributed by atoms with Crippen LogP contribution in [0.25, 0.3) is 0 Å². The lowest BCUT2D eigenvalue weighted by atomic mass is 10.1. The molecule has 4 heteroatoms. The average molecular weight is 287 g/mol. The highest BCUT2D eigenvalue weighted by molar-refractivity contribution is 7.98. The van der Waals surface area contributed by atoms with Crippen LogP contribution in [0.5, 0.6) is 0 Å². The summed E-state index contributed by atoms with van der Waals surface area (Å²) in [6, 6.07) is 10.5. The molecule has 0 fully saturated rings. The van der Waals surface area contributed by atoms with Crippen LogP contribution in [-0.2, 0) is 5.75 Å². The second-order valence-corrected chi connectivity index (χ2v) is 5.08. The number of aromatic nitrogens is 1. The van der Waals surface area contributed by atoms with Gasteiger partial charge in [0.15, 0.2) is 0 Å². The van der Waals surface area contributed by atoms with E-state index in [0.717, 1.165) is 10.6 Å². The van der Waals surface area contributed by atoms with Gasteiger partial charge < -0.3 is 5.11 Å². The summed E-state index contributed by atoms with van der Waals surface area (Å²) in [5.74, 6) is 5.99. The number of rotatable bonds is 4. The van der Waals surface area contributed by atoms with Crippen molar-refractivity contribution in [2.24, 2.45) is 0 Å². The number of thioether (sulfide) groups is 1. The molecule has 0 bridgehead atoms. The topological polar surface area (TPSA) is 33.1 Å². The standard InChI is InChI=1S/C16H14FNOS/c17-15-10-13(5-2-4-8-19)9-14(11-15)12-20-16-6-1-3-7-18-16/h1,3,6-7,9-11,19H,4,8,12H2. The molecule has 0 saturated heterocycles. The minimum absolute atomic E-state index is 0.0186. The van der Waals surface area contributed by atoms with Crippen LogP contribution in [0.2, 0.25) is 0 Å². The Kier molecular flexibility index (Phi) is 5.60. The molecule has 0 amide bonds. The Morgan fingerprint density at radius 2 is 2.15 bits per heavy atom. The van der Waals surface area contributed by atoms with E-state index in [0.29, 0.717) is 17.7 Å². The second kappa shape index (κ2) is 7.68. The first kappa shape index (κ1) is 14.6. The van der Waals surface area contributed by atoms with Gasteiger partial charge in [0.05, 0.1) is 11.6 Å². The van der Waals surface area contributed by atoms with Gasteiger partial charge in [-0.2, -0.15) is 0 Å². The number of pyridine rings is 1. The summed E-state index contributed by atoms with van der Waals surface area (Å²) in [4.78, 5) is 4.21. The Labute approximate surface area is 122 Å². The Morgan fingerprint density at radius 1 is 1.25 bits per heavy atom. The molecule has 0 radical (unpaired) electrons. The summed E-state index contributed by atoms with van der Waals surface area (Å²) in [7, 11) is 0. The van der Waals surface area contributed by atoms with E-state index in [1.54, 1.807) is 18.0 Å². The predicted molar refractivity (Wildman–Crippen MR) is 78.8 cm³/mol. The van der Waals surface area contributed by atoms with Crippen molar-refractivity contribution in [3.8, 4) is 11.8 Å². The molecule has 2 aromatic rings. The molecular formula is C16H14FNOS. The molecular weight excluding hydrogens is 273 g/mol. The third-order valence-corrected chi connectivity index (χ3v) is 3.47. The number of benzene rings is 1. The van der Waals surface area contributed by atoms with E-state index in [2.05, 4.69) is 16.8 Å². The van der Waals surface area contributed by atoms with Gasteiger partial charge in [0.2, 0.25) is 0 Å². The Morgan fingerprint density at radius 3 is 2.90 bits per heavy atom. The third-order valence-electron chi connectivity index (χ3n) is 2.45. The fourth-order valence-electron chi connectivity index (χ4n) is 1.62. The average Bonchev–Trinajstić information content (AvgIpc) is 2.46. The molecule has 20 heavy (non-hydrogen) atoms. The quantitative estimate of drug-likeness (QED) is 0.692. The molecule has 0 atom stereocenters. The number of nitrogens with zero attached hydrogens (tertiary/aromatic N) is 1. The lowest BCUT2D eigenvalue weighted by molar-refractivity contribution is 0.305. The van der Waals surface area contributed by atoms with Crippen molar-refractivity contribution < 1.29 is 9.50 Å². The largest absolute Gasteiger partial charge is 0.395 e. The van der Waals surface area contributed by atoms with E-state index in [-0.39, 0.29) is 12.4 Å². The minimum atomic E-state index is -0.294. The van der Waals surface area contributed by atoms with E-state index in [1.807, 2.05) is 24.3 Å². The van der Waals surface area contributed by atoms with Crippen molar-refractivity contribution in [2.45, 2.75) is 17.2 Å². The van der Waals surface area contributed by atoms with Gasteiger partial charge in [-0.25, -0.2) is 9.37 Å². The van der Waals surface area contributed by atoms with Crippen LogP contribution < -0.4 is 0 Å². The van der Waals surface area contributed by atoms with Crippen molar-refractivity contribution >= 4 is 11.8 Å². The van der Waals surface area contributed by atoms with Gasteiger partial charge in [-0.3, -0.25) is 0 Å². The van der Waals surface area contributed by atoms with Crippen LogP contribution in [0.4, 0.5) is 4.39 Å². The fourth-order valence-corrected chi connectivity index (χ4v) is 2.41. The Balaban J connectivity index is 2.06. The number of aliphatic hydroxyl groups excluding tert-OH is 1. The maximum atomic E-state index is 13.5. The highest BCUT2D eigenvalue weighted by atomic mass is 32.2. The van der Waals surface area contributed by atoms with Gasteiger partial charge in [-0.05, 0) is 35.9 Å². The van der Waals surface area contributed by atoms with Crippen LogP contribution in [-0.4, -0.2) is 16.7 Å². The molecule has 0 aliphatic rings. The lowest BCUT2D eigenvalue weighted by Crippen LogP contribution is -1.88. The van der Waals surface area contributed by atoms with E-state index >= 15 is 0 Å². The molecule has 1 N–H and O–H groups in total. The maximum absolute atomic E-state index is 13.5. The van der Waals surface area contributed by atoms with Gasteiger partial charge in [-0.15, -0.1) is 11.8 Å². The zero-order valence-corrected chi connectivity index (χ0v) is 11.7. The normalized spacial score (nSPS) is 9.90. The highest BCUT2D eigenvalue weighted by Crippen LogP contribution is 2.21. The van der Waals surface area contributed by atoms with E-state index in [4.69, 9.17) is 5.11 Å². The van der Waals surface area contributed by atoms with E-state index in [9.17, 15) is 4.39 Å². The van der Waals surface area contributed by atoms with Gasteiger partial charge in [0, 0.05) is 23.9 Å². The lowest BCUT2D eigenvalue weighted by Gasteiger charge is -2.03. The second-order valence-electron chi connectivity index (χ2n) is 4.08. The zero-order valence-electron chi connectivity index (χ0n) is 10.8. The highest BCUT2D eigenvalue weighted by Gasteiger charge is 2.01. The number of halogens is 1. The monoisotopic (exact) mass is 287 g/mol. The summed E-state index contributed by atoms with van der Waals surface area (Å²) in [6.07, 6.45) is 2.13. The minimum Gasteiger partial charge on any atom is -0.395 e. The van der Waals surface area contributed by atoms with Crippen LogP contribution in [0.1, 0.15) is 17.5 Å². The molecule has 0 aliphatic heterocycles. The van der Waals surface area contributed by atoms with E-state index in [1.165, 1.54) is 12.1 Å². The number of aliphatic hydroxyl groups is 1. The number of hydrogen-bond acceptors (Lipinski definition) is 3. The molecule has 2 rings (SSSR count). The summed E-state index contributed by atoms with van der Waals surface area (Å²) in [5, 5.41) is 9.58. The van der Waals surface area contributed by atoms with Crippen LogP contribution >= 0.6 is 11.8 Å². The smallest absolute Gasteiger partial charge is 0.124 e. The van der Waals surface area contributed by atoms with Crippen LogP contribution in [0, 0.1) is 17.7 Å². The van der Waals surface area contributed by atoms with Gasteiger partial charge in [0.1, 0.15) is 5.82 Å². The Bertz CT molecular complexity index is 619. The summed E-state index contributed by atoms with van der Waals surface area (Å²) >= 11 is 1.55. The fraction of sp³-hybridized carbons (Fsp3) is 0.188. The SMILES string of the molecule is OCCC#Cc1cc(F)cc(CSc2ccccn2)c1. The van der Waals surface area contributed by atoms with Crippen molar-refractivity contribution in [1.29, 1.82) is 0 Å². The van der Waals surface area contributed by atoms with Crippen molar-refractivity contribution in [2.75, 3.05) is 6.61 Å². The molecule has 1 aromatic heterocycles.